The van der Waals surface area contributed by atoms with E-state index in [1.807, 2.05) is 30.0 Å². The molecule has 1 aliphatic carbocycles. The summed E-state index contributed by atoms with van der Waals surface area (Å²) in [6.07, 6.45) is 3.21. The van der Waals surface area contributed by atoms with Crippen LogP contribution in [0, 0.1) is 0 Å². The lowest BCUT2D eigenvalue weighted by molar-refractivity contribution is -0.145. The summed E-state index contributed by atoms with van der Waals surface area (Å²) in [5.74, 6) is -0.369. The number of imide groups is 1. The maximum absolute atomic E-state index is 13.2. The minimum absolute atomic E-state index is 0.0311. The van der Waals surface area contributed by atoms with Crippen molar-refractivity contribution in [3.05, 3.63) is 35.9 Å². The number of benzene rings is 1. The van der Waals surface area contributed by atoms with Crippen LogP contribution in [0.4, 0.5) is 4.79 Å². The smallest absolute Gasteiger partial charge is 0.325 e. The lowest BCUT2D eigenvalue weighted by atomic mass is 9.97. The normalized spacial score (nSPS) is 25.5. The summed E-state index contributed by atoms with van der Waals surface area (Å²) in [6, 6.07) is 9.14. The summed E-state index contributed by atoms with van der Waals surface area (Å²) >= 11 is 0. The van der Waals surface area contributed by atoms with Gasteiger partial charge in [0, 0.05) is 32.2 Å². The van der Waals surface area contributed by atoms with Gasteiger partial charge in [0.15, 0.2) is 0 Å². The second-order valence-electron chi connectivity index (χ2n) is 8.67. The van der Waals surface area contributed by atoms with E-state index < -0.39 is 17.6 Å². The van der Waals surface area contributed by atoms with Gasteiger partial charge in [0.2, 0.25) is 5.91 Å². The van der Waals surface area contributed by atoms with E-state index in [1.54, 1.807) is 6.92 Å². The quantitative estimate of drug-likeness (QED) is 0.787. The molecule has 2 atom stereocenters. The van der Waals surface area contributed by atoms with Crippen LogP contribution in [0.25, 0.3) is 0 Å². The van der Waals surface area contributed by atoms with Crippen LogP contribution in [-0.2, 0) is 16.1 Å². The van der Waals surface area contributed by atoms with Gasteiger partial charge in [-0.1, -0.05) is 43.2 Å². The molecule has 1 saturated carbocycles. The molecule has 1 aromatic rings. The van der Waals surface area contributed by atoms with E-state index in [0.717, 1.165) is 37.4 Å². The summed E-state index contributed by atoms with van der Waals surface area (Å²) in [7, 11) is 0. The highest BCUT2D eigenvalue weighted by Gasteiger charge is 2.55. The first kappa shape index (κ1) is 19.9. The molecule has 7 nitrogen and oxygen atoms in total. The van der Waals surface area contributed by atoms with E-state index >= 15 is 0 Å². The molecule has 156 valence electrons. The highest BCUT2D eigenvalue weighted by atomic mass is 16.2. The molecule has 1 aromatic carbocycles. The largest absolute Gasteiger partial charge is 0.336 e. The molecule has 1 N–H and O–H groups in total. The molecule has 2 heterocycles. The third-order valence-corrected chi connectivity index (χ3v) is 6.64. The summed E-state index contributed by atoms with van der Waals surface area (Å²) in [5, 5.41) is 2.87. The van der Waals surface area contributed by atoms with Crippen molar-refractivity contribution in [3.8, 4) is 0 Å². The molecule has 0 bridgehead atoms. The Bertz CT molecular complexity index is 791. The Morgan fingerprint density at radius 2 is 1.86 bits per heavy atom. The monoisotopic (exact) mass is 398 g/mol. The van der Waals surface area contributed by atoms with Crippen LogP contribution in [-0.4, -0.2) is 69.8 Å². The molecule has 4 amide bonds. The Balaban J connectivity index is 1.39. The van der Waals surface area contributed by atoms with Gasteiger partial charge in [0.25, 0.3) is 5.91 Å². The zero-order chi connectivity index (χ0) is 20.6. The van der Waals surface area contributed by atoms with Crippen molar-refractivity contribution in [3.63, 3.8) is 0 Å². The molecule has 7 heteroatoms. The molecule has 0 radical (unpaired) electrons. The van der Waals surface area contributed by atoms with E-state index in [2.05, 4.69) is 22.3 Å². The first-order valence-electron chi connectivity index (χ1n) is 10.6. The summed E-state index contributed by atoms with van der Waals surface area (Å²) in [4.78, 5) is 44.0. The zero-order valence-corrected chi connectivity index (χ0v) is 17.3. The van der Waals surface area contributed by atoms with Crippen LogP contribution in [0.1, 0.15) is 45.1 Å². The Morgan fingerprint density at radius 3 is 2.52 bits per heavy atom. The molecule has 3 fully saturated rings. The molecular formula is C22H30N4O3. The van der Waals surface area contributed by atoms with E-state index in [4.69, 9.17) is 0 Å². The third-order valence-electron chi connectivity index (χ3n) is 6.64. The van der Waals surface area contributed by atoms with Crippen molar-refractivity contribution < 1.29 is 14.4 Å². The second kappa shape index (κ2) is 7.78. The SMILES string of the molecule is CC1CN(Cc2ccccc2)CCN1C(=O)C(C)N1C(=O)NC2(CCCC2)C1=O. The molecule has 2 saturated heterocycles. The van der Waals surface area contributed by atoms with E-state index in [1.165, 1.54) is 5.56 Å². The van der Waals surface area contributed by atoms with Crippen LogP contribution >= 0.6 is 0 Å². The summed E-state index contributed by atoms with van der Waals surface area (Å²) in [6.45, 7) is 6.73. The number of urea groups is 1. The van der Waals surface area contributed by atoms with Gasteiger partial charge < -0.3 is 10.2 Å². The number of carbonyl (C=O) groups excluding carboxylic acids is 3. The maximum atomic E-state index is 13.2. The van der Waals surface area contributed by atoms with E-state index in [-0.39, 0.29) is 17.9 Å². The average molecular weight is 399 g/mol. The van der Waals surface area contributed by atoms with E-state index in [9.17, 15) is 14.4 Å². The van der Waals surface area contributed by atoms with Crippen molar-refractivity contribution in [2.45, 2.75) is 63.7 Å². The van der Waals surface area contributed by atoms with Gasteiger partial charge in [-0.05, 0) is 32.3 Å². The predicted octanol–water partition coefficient (Wildman–Crippen LogP) is 1.97. The van der Waals surface area contributed by atoms with Crippen molar-refractivity contribution >= 4 is 17.8 Å². The molecule has 0 aromatic heterocycles. The van der Waals surface area contributed by atoms with Gasteiger partial charge in [-0.3, -0.25) is 14.5 Å². The fourth-order valence-electron chi connectivity index (χ4n) is 5.01. The topological polar surface area (TPSA) is 73.0 Å². The molecule has 2 aliphatic heterocycles. The first-order valence-corrected chi connectivity index (χ1v) is 10.6. The van der Waals surface area contributed by atoms with Gasteiger partial charge in [-0.2, -0.15) is 0 Å². The first-order chi connectivity index (χ1) is 13.9. The highest BCUT2D eigenvalue weighted by Crippen LogP contribution is 2.36. The number of hydrogen-bond donors (Lipinski definition) is 1. The lowest BCUT2D eigenvalue weighted by Crippen LogP contribution is -2.58. The van der Waals surface area contributed by atoms with Crippen LogP contribution in [0.2, 0.25) is 0 Å². The van der Waals surface area contributed by atoms with Crippen LogP contribution in [0.3, 0.4) is 0 Å². The summed E-state index contributed by atoms with van der Waals surface area (Å²) in [5.41, 5.74) is 0.486. The molecule has 1 spiro atoms. The average Bonchev–Trinajstić information content (AvgIpc) is 3.27. The Hall–Kier alpha value is -2.41. The van der Waals surface area contributed by atoms with Crippen LogP contribution in [0.5, 0.6) is 0 Å². The number of carbonyl (C=O) groups is 3. The summed E-state index contributed by atoms with van der Waals surface area (Å²) < 4.78 is 0. The standard InChI is InChI=1S/C22H30N4O3/c1-16-14-24(15-18-8-4-3-5-9-18)12-13-25(16)19(27)17(2)26-20(28)22(23-21(26)29)10-6-7-11-22/h3-5,8-9,16-17H,6-7,10-15H2,1-2H3,(H,23,29). The minimum Gasteiger partial charge on any atom is -0.336 e. The Morgan fingerprint density at radius 1 is 1.17 bits per heavy atom. The van der Waals surface area contributed by atoms with Gasteiger partial charge in [-0.15, -0.1) is 0 Å². The van der Waals surface area contributed by atoms with Gasteiger partial charge in [0.05, 0.1) is 0 Å². The number of hydrogen-bond acceptors (Lipinski definition) is 4. The minimum atomic E-state index is -0.773. The second-order valence-corrected chi connectivity index (χ2v) is 8.67. The molecule has 29 heavy (non-hydrogen) atoms. The van der Waals surface area contributed by atoms with Crippen molar-refractivity contribution in [2.75, 3.05) is 19.6 Å². The Kier molecular flexibility index (Phi) is 5.34. The van der Waals surface area contributed by atoms with Crippen molar-refractivity contribution in [1.29, 1.82) is 0 Å². The molecule has 2 unspecified atom stereocenters. The molecular weight excluding hydrogens is 368 g/mol. The number of nitrogens with one attached hydrogen (secondary N) is 1. The number of amides is 4. The van der Waals surface area contributed by atoms with Gasteiger partial charge in [-0.25, -0.2) is 9.69 Å². The number of nitrogens with zero attached hydrogens (tertiary/aromatic N) is 3. The van der Waals surface area contributed by atoms with Crippen LogP contribution in [0.15, 0.2) is 30.3 Å². The van der Waals surface area contributed by atoms with Crippen molar-refractivity contribution in [1.82, 2.24) is 20.0 Å². The third kappa shape index (κ3) is 3.64. The highest BCUT2D eigenvalue weighted by molar-refractivity contribution is 6.10. The molecule has 4 rings (SSSR count). The lowest BCUT2D eigenvalue weighted by Gasteiger charge is -2.41. The predicted molar refractivity (Wildman–Crippen MR) is 109 cm³/mol. The Labute approximate surface area is 172 Å². The van der Waals surface area contributed by atoms with Crippen LogP contribution < -0.4 is 5.32 Å². The zero-order valence-electron chi connectivity index (χ0n) is 17.3. The fourth-order valence-corrected chi connectivity index (χ4v) is 5.01. The fraction of sp³-hybridized carbons (Fsp3) is 0.591. The number of rotatable bonds is 4. The number of piperazine rings is 1. The van der Waals surface area contributed by atoms with Crippen molar-refractivity contribution in [2.24, 2.45) is 0 Å². The van der Waals surface area contributed by atoms with Gasteiger partial charge >= 0.3 is 6.03 Å². The maximum Gasteiger partial charge on any atom is 0.325 e. The molecule has 3 aliphatic rings. The van der Waals surface area contributed by atoms with Gasteiger partial charge in [0.1, 0.15) is 11.6 Å². The van der Waals surface area contributed by atoms with E-state index in [0.29, 0.717) is 19.4 Å².